The first-order valence-corrected chi connectivity index (χ1v) is 11.7. The van der Waals surface area contributed by atoms with Crippen molar-refractivity contribution in [3.05, 3.63) is 54.4 Å². The highest BCUT2D eigenvalue weighted by Crippen LogP contribution is 2.38. The molecule has 9 heteroatoms. The molecule has 0 bridgehead atoms. The molecule has 0 amide bonds. The summed E-state index contributed by atoms with van der Waals surface area (Å²) in [5, 5.41) is 6.60. The summed E-state index contributed by atoms with van der Waals surface area (Å²) in [4.78, 5) is 30.1. The van der Waals surface area contributed by atoms with E-state index in [4.69, 9.17) is 4.74 Å². The van der Waals surface area contributed by atoms with Crippen molar-refractivity contribution in [2.75, 3.05) is 46.7 Å². The number of pyridine rings is 1. The first kappa shape index (κ1) is 20.7. The number of nitrogens with one attached hydrogen (secondary N) is 2. The maximum atomic E-state index is 11.9. The highest BCUT2D eigenvalue weighted by atomic mass is 16.5. The number of hydrogen-bond acceptors (Lipinski definition) is 9. The number of hydrogen-bond donors (Lipinski definition) is 2. The highest BCUT2D eigenvalue weighted by molar-refractivity contribution is 5.98. The fraction of sp³-hybridized carbons (Fsp3) is 0.360. The fourth-order valence-electron chi connectivity index (χ4n) is 4.55. The smallest absolute Gasteiger partial charge is 0.229 e. The van der Waals surface area contributed by atoms with Crippen LogP contribution < -0.4 is 25.2 Å². The van der Waals surface area contributed by atoms with Crippen LogP contribution in [0.4, 0.5) is 29.0 Å². The van der Waals surface area contributed by atoms with Gasteiger partial charge in [0, 0.05) is 49.8 Å². The second-order valence-corrected chi connectivity index (χ2v) is 9.03. The zero-order valence-electron chi connectivity index (χ0n) is 19.1. The maximum absolute atomic E-state index is 11.9. The largest absolute Gasteiger partial charge is 0.489 e. The van der Waals surface area contributed by atoms with Gasteiger partial charge in [0.25, 0.3) is 0 Å². The lowest BCUT2D eigenvalue weighted by Crippen LogP contribution is -2.57. The van der Waals surface area contributed by atoms with Gasteiger partial charge in [-0.05, 0) is 44.0 Å². The summed E-state index contributed by atoms with van der Waals surface area (Å²) < 4.78 is 6.16. The molecule has 34 heavy (non-hydrogen) atoms. The van der Waals surface area contributed by atoms with E-state index in [1.807, 2.05) is 30.5 Å². The molecule has 2 N–H and O–H groups in total. The summed E-state index contributed by atoms with van der Waals surface area (Å²) in [5.74, 6) is 2.86. The molecular formula is C25H27N7O2. The number of aromatic nitrogens is 3. The van der Waals surface area contributed by atoms with Gasteiger partial charge in [0.2, 0.25) is 5.95 Å². The molecule has 1 saturated carbocycles. The van der Waals surface area contributed by atoms with Crippen molar-refractivity contribution in [1.82, 2.24) is 15.0 Å². The molecule has 1 aromatic carbocycles. The van der Waals surface area contributed by atoms with Crippen LogP contribution >= 0.6 is 0 Å². The number of carbonyl (C=O) groups is 1. The number of rotatable bonds is 6. The Balaban J connectivity index is 1.18. The van der Waals surface area contributed by atoms with Crippen molar-refractivity contribution in [2.24, 2.45) is 0 Å². The van der Waals surface area contributed by atoms with Crippen molar-refractivity contribution in [3.8, 4) is 5.75 Å². The van der Waals surface area contributed by atoms with Gasteiger partial charge in [-0.15, -0.1) is 0 Å². The number of Topliss-reactive ketones (excluding diaryl/α,β-unsaturated/α-hetero) is 1. The van der Waals surface area contributed by atoms with Crippen molar-refractivity contribution in [2.45, 2.75) is 31.8 Å². The van der Waals surface area contributed by atoms with Gasteiger partial charge in [-0.25, -0.2) is 9.97 Å². The first-order chi connectivity index (χ1) is 16.6. The van der Waals surface area contributed by atoms with Gasteiger partial charge in [0.1, 0.15) is 24.0 Å². The van der Waals surface area contributed by atoms with E-state index in [0.29, 0.717) is 30.0 Å². The second kappa shape index (κ2) is 8.48. The Kier molecular flexibility index (Phi) is 5.16. The number of piperazine rings is 1. The third-order valence-electron chi connectivity index (χ3n) is 6.50. The lowest BCUT2D eigenvalue weighted by atomic mass is 10.1. The van der Waals surface area contributed by atoms with Gasteiger partial charge in [-0.1, -0.05) is 6.07 Å². The molecule has 3 aromatic rings. The summed E-state index contributed by atoms with van der Waals surface area (Å²) in [6.07, 6.45) is 5.63. The fourth-order valence-corrected chi connectivity index (χ4v) is 4.55. The van der Waals surface area contributed by atoms with E-state index in [1.54, 1.807) is 6.20 Å². The molecule has 6 rings (SSSR count). The molecule has 0 spiro atoms. The van der Waals surface area contributed by atoms with Gasteiger partial charge in [0.05, 0.1) is 17.3 Å². The Morgan fingerprint density at radius 1 is 1.15 bits per heavy atom. The zero-order chi connectivity index (χ0) is 23.1. The molecule has 174 valence electrons. The van der Waals surface area contributed by atoms with Gasteiger partial charge in [0.15, 0.2) is 5.78 Å². The molecule has 0 radical (unpaired) electrons. The molecule has 1 unspecified atom stereocenters. The molecule has 2 aliphatic heterocycles. The molecule has 1 aliphatic carbocycles. The quantitative estimate of drug-likeness (QED) is 0.539. The third kappa shape index (κ3) is 4.09. The standard InChI is InChI=1S/C25H27N7O2/c1-16(33)20-13-27-25(30-24(20)28-17-5-6-17)29-18-7-8-21-22(12-18)34-15-19-14-31(10-11-32(19)21)23-4-2-3-9-26-23/h2-4,7-9,12-13,17,19H,5-6,10-11,14-15H2,1H3,(H2,27,28,29,30). The number of ketones is 1. The Bertz CT molecular complexity index is 1220. The summed E-state index contributed by atoms with van der Waals surface area (Å²) in [6, 6.07) is 12.8. The topological polar surface area (TPSA) is 95.5 Å². The highest BCUT2D eigenvalue weighted by Gasteiger charge is 2.33. The van der Waals surface area contributed by atoms with E-state index in [-0.39, 0.29) is 11.8 Å². The van der Waals surface area contributed by atoms with E-state index >= 15 is 0 Å². The number of carbonyl (C=O) groups excluding carboxylic acids is 1. The minimum absolute atomic E-state index is 0.0467. The zero-order valence-corrected chi connectivity index (χ0v) is 19.1. The Morgan fingerprint density at radius 2 is 2.06 bits per heavy atom. The number of nitrogens with zero attached hydrogens (tertiary/aromatic N) is 5. The molecule has 3 aliphatic rings. The Morgan fingerprint density at radius 3 is 2.85 bits per heavy atom. The molecule has 1 saturated heterocycles. The van der Waals surface area contributed by atoms with E-state index in [2.05, 4.69) is 47.5 Å². The van der Waals surface area contributed by atoms with Crippen LogP contribution in [0.15, 0.2) is 48.8 Å². The van der Waals surface area contributed by atoms with Gasteiger partial charge < -0.3 is 25.2 Å². The van der Waals surface area contributed by atoms with Crippen LogP contribution in [0.2, 0.25) is 0 Å². The minimum Gasteiger partial charge on any atom is -0.489 e. The lowest BCUT2D eigenvalue weighted by molar-refractivity contribution is 0.101. The van der Waals surface area contributed by atoms with E-state index in [9.17, 15) is 4.79 Å². The summed E-state index contributed by atoms with van der Waals surface area (Å²) in [6.45, 7) is 4.87. The van der Waals surface area contributed by atoms with Crippen LogP contribution in [0.3, 0.4) is 0 Å². The monoisotopic (exact) mass is 457 g/mol. The number of ether oxygens (including phenoxy) is 1. The summed E-state index contributed by atoms with van der Waals surface area (Å²) in [5.41, 5.74) is 2.46. The average molecular weight is 458 g/mol. The van der Waals surface area contributed by atoms with Crippen LogP contribution in [-0.2, 0) is 0 Å². The molecule has 4 heterocycles. The molecule has 1 atom stereocenters. The van der Waals surface area contributed by atoms with Crippen LogP contribution in [0, 0.1) is 0 Å². The Hall–Kier alpha value is -3.88. The summed E-state index contributed by atoms with van der Waals surface area (Å²) >= 11 is 0. The lowest BCUT2D eigenvalue weighted by Gasteiger charge is -2.46. The van der Waals surface area contributed by atoms with Crippen LogP contribution in [0.5, 0.6) is 5.75 Å². The SMILES string of the molecule is CC(=O)c1cnc(Nc2ccc3c(c2)OCC2CN(c4ccccn4)CCN32)nc1NC1CC1. The molecule has 2 fully saturated rings. The number of fused-ring (bicyclic) bond motifs is 3. The van der Waals surface area contributed by atoms with Crippen molar-refractivity contribution in [3.63, 3.8) is 0 Å². The van der Waals surface area contributed by atoms with E-state index in [1.165, 1.54) is 6.92 Å². The predicted molar refractivity (Wildman–Crippen MR) is 131 cm³/mol. The molecular weight excluding hydrogens is 430 g/mol. The average Bonchev–Trinajstić information content (AvgIpc) is 3.68. The number of anilines is 5. The number of benzene rings is 1. The first-order valence-electron chi connectivity index (χ1n) is 11.7. The molecule has 2 aromatic heterocycles. The molecule has 9 nitrogen and oxygen atoms in total. The van der Waals surface area contributed by atoms with Gasteiger partial charge >= 0.3 is 0 Å². The third-order valence-corrected chi connectivity index (χ3v) is 6.50. The second-order valence-electron chi connectivity index (χ2n) is 9.03. The van der Waals surface area contributed by atoms with Crippen LogP contribution in [0.1, 0.15) is 30.1 Å². The van der Waals surface area contributed by atoms with Crippen molar-refractivity contribution < 1.29 is 9.53 Å². The van der Waals surface area contributed by atoms with Crippen molar-refractivity contribution >= 4 is 34.7 Å². The normalized spacial score (nSPS) is 19.0. The van der Waals surface area contributed by atoms with Crippen LogP contribution in [-0.4, -0.2) is 59.1 Å². The predicted octanol–water partition coefficient (Wildman–Crippen LogP) is 3.48. The van der Waals surface area contributed by atoms with Gasteiger partial charge in [-0.3, -0.25) is 4.79 Å². The van der Waals surface area contributed by atoms with Gasteiger partial charge in [-0.2, -0.15) is 4.98 Å². The maximum Gasteiger partial charge on any atom is 0.229 e. The van der Waals surface area contributed by atoms with E-state index in [0.717, 1.165) is 55.4 Å². The summed E-state index contributed by atoms with van der Waals surface area (Å²) in [7, 11) is 0. The minimum atomic E-state index is -0.0467. The van der Waals surface area contributed by atoms with Crippen LogP contribution in [0.25, 0.3) is 0 Å². The van der Waals surface area contributed by atoms with E-state index < -0.39 is 0 Å². The van der Waals surface area contributed by atoms with Crippen molar-refractivity contribution in [1.29, 1.82) is 0 Å². The Labute approximate surface area is 198 Å².